The molecule has 0 amide bonds. The molecule has 4 nitrogen and oxygen atoms in total. The van der Waals surface area contributed by atoms with Gasteiger partial charge < -0.3 is 4.74 Å². The molecule has 3 aromatic carbocycles. The lowest BCUT2D eigenvalue weighted by atomic mass is 10.0. The highest BCUT2D eigenvalue weighted by molar-refractivity contribution is 7.91. The number of hydrogen-bond acceptors (Lipinski definition) is 4. The van der Waals surface area contributed by atoms with Crippen LogP contribution in [-0.4, -0.2) is 14.4 Å². The molecule has 0 aromatic heterocycles. The van der Waals surface area contributed by atoms with Crippen LogP contribution >= 0.6 is 11.6 Å². The summed E-state index contributed by atoms with van der Waals surface area (Å²) in [7, 11) is -3.88. The van der Waals surface area contributed by atoms with Crippen molar-refractivity contribution in [3.05, 3.63) is 101 Å². The van der Waals surface area contributed by atoms with Crippen LogP contribution in [0.1, 0.15) is 29.4 Å². The van der Waals surface area contributed by atoms with Crippen molar-refractivity contribution in [3.8, 4) is 0 Å². The average Bonchev–Trinajstić information content (AvgIpc) is 2.68. The van der Waals surface area contributed by atoms with Crippen molar-refractivity contribution >= 4 is 27.4 Å². The molecule has 0 aliphatic carbocycles. The fourth-order valence-electron chi connectivity index (χ4n) is 3.08. The Labute approximate surface area is 169 Å². The fraction of sp³-hybridized carbons (Fsp3) is 0.136. The maximum atomic E-state index is 13.6. The summed E-state index contributed by atoms with van der Waals surface area (Å²) in [6.45, 7) is 1.26. The molecule has 0 N–H and O–H groups in total. The first kappa shape index (κ1) is 20.1. The second kappa shape index (κ2) is 8.59. The minimum Gasteiger partial charge on any atom is -0.456 e. The fourth-order valence-corrected chi connectivity index (χ4v) is 5.17. The highest BCUT2D eigenvalue weighted by Gasteiger charge is 2.39. The van der Waals surface area contributed by atoms with Gasteiger partial charge in [0, 0.05) is 11.9 Å². The van der Waals surface area contributed by atoms with E-state index in [2.05, 4.69) is 0 Å². The highest BCUT2D eigenvalue weighted by atomic mass is 35.5. The van der Waals surface area contributed by atoms with Crippen molar-refractivity contribution in [2.45, 2.75) is 23.2 Å². The molecular formula is C22H19ClO4S. The van der Waals surface area contributed by atoms with E-state index in [-0.39, 0.29) is 4.90 Å². The average molecular weight is 415 g/mol. The molecule has 0 aliphatic rings. The highest BCUT2D eigenvalue weighted by Crippen LogP contribution is 2.42. The first-order valence-corrected chi connectivity index (χ1v) is 10.6. The van der Waals surface area contributed by atoms with Gasteiger partial charge in [-0.05, 0) is 35.4 Å². The zero-order valence-electron chi connectivity index (χ0n) is 15.2. The monoisotopic (exact) mass is 414 g/mol. The van der Waals surface area contributed by atoms with E-state index in [0.29, 0.717) is 16.1 Å². The van der Waals surface area contributed by atoms with Crippen molar-refractivity contribution in [1.29, 1.82) is 0 Å². The van der Waals surface area contributed by atoms with Crippen LogP contribution in [-0.2, 0) is 19.4 Å². The van der Waals surface area contributed by atoms with E-state index in [9.17, 15) is 13.2 Å². The lowest BCUT2D eigenvalue weighted by Gasteiger charge is -2.27. The van der Waals surface area contributed by atoms with Gasteiger partial charge in [0.05, 0.1) is 4.90 Å². The number of sulfone groups is 1. The second-order valence-corrected chi connectivity index (χ2v) is 8.78. The molecule has 0 heterocycles. The number of benzene rings is 3. The minimum absolute atomic E-state index is 0.156. The van der Waals surface area contributed by atoms with Gasteiger partial charge in [-0.1, -0.05) is 72.3 Å². The Morgan fingerprint density at radius 3 is 2.00 bits per heavy atom. The van der Waals surface area contributed by atoms with Crippen LogP contribution in [0.3, 0.4) is 0 Å². The summed E-state index contributed by atoms with van der Waals surface area (Å²) >= 11 is 6.12. The molecule has 6 heteroatoms. The quantitative estimate of drug-likeness (QED) is 0.523. The van der Waals surface area contributed by atoms with E-state index < -0.39 is 27.2 Å². The number of ether oxygens (including phenoxy) is 1. The van der Waals surface area contributed by atoms with Crippen LogP contribution in [0.4, 0.5) is 0 Å². The van der Waals surface area contributed by atoms with Crippen LogP contribution in [0.25, 0.3) is 0 Å². The molecule has 0 spiro atoms. The van der Waals surface area contributed by atoms with Crippen molar-refractivity contribution < 1.29 is 17.9 Å². The van der Waals surface area contributed by atoms with Crippen LogP contribution in [0.2, 0.25) is 5.02 Å². The van der Waals surface area contributed by atoms with Gasteiger partial charge in [-0.2, -0.15) is 0 Å². The molecule has 0 aliphatic heterocycles. The summed E-state index contributed by atoms with van der Waals surface area (Å²) in [6, 6.07) is 23.6. The lowest BCUT2D eigenvalue weighted by Crippen LogP contribution is -2.25. The van der Waals surface area contributed by atoms with Crippen LogP contribution in [0, 0.1) is 0 Å². The van der Waals surface area contributed by atoms with E-state index in [1.165, 1.54) is 19.1 Å². The predicted octanol–water partition coefficient (Wildman–Crippen LogP) is 5.16. The van der Waals surface area contributed by atoms with Gasteiger partial charge in [-0.15, -0.1) is 0 Å². The number of rotatable bonds is 6. The normalized spacial score (nSPS) is 13.5. The number of halogens is 1. The van der Waals surface area contributed by atoms with Crippen LogP contribution < -0.4 is 0 Å². The van der Waals surface area contributed by atoms with Gasteiger partial charge >= 0.3 is 5.97 Å². The van der Waals surface area contributed by atoms with Crippen LogP contribution in [0.5, 0.6) is 0 Å². The Kier molecular flexibility index (Phi) is 6.17. The SMILES string of the molecule is CC(=O)OC(c1cccc(Cl)c1)C(c1ccccc1)S(=O)(=O)c1ccccc1. The van der Waals surface area contributed by atoms with E-state index in [1.54, 1.807) is 72.8 Å². The zero-order valence-corrected chi connectivity index (χ0v) is 16.7. The Bertz CT molecular complexity index is 1050. The van der Waals surface area contributed by atoms with Crippen molar-refractivity contribution in [3.63, 3.8) is 0 Å². The predicted molar refractivity (Wildman–Crippen MR) is 109 cm³/mol. The Morgan fingerprint density at radius 1 is 0.857 bits per heavy atom. The van der Waals surface area contributed by atoms with E-state index >= 15 is 0 Å². The molecule has 0 saturated heterocycles. The van der Waals surface area contributed by atoms with Gasteiger partial charge in [0.2, 0.25) is 0 Å². The van der Waals surface area contributed by atoms with Crippen LogP contribution in [0.15, 0.2) is 89.8 Å². The molecule has 28 heavy (non-hydrogen) atoms. The summed E-state index contributed by atoms with van der Waals surface area (Å²) in [5, 5.41) is -0.697. The number of carbonyl (C=O) groups is 1. The summed E-state index contributed by atoms with van der Waals surface area (Å²) in [5.74, 6) is -0.575. The molecule has 3 rings (SSSR count). The molecule has 0 radical (unpaired) electrons. The third kappa shape index (κ3) is 4.43. The molecule has 3 aromatic rings. The van der Waals surface area contributed by atoms with Crippen molar-refractivity contribution in [2.75, 3.05) is 0 Å². The first-order chi connectivity index (χ1) is 13.4. The molecule has 0 saturated carbocycles. The Balaban J connectivity index is 2.23. The van der Waals surface area contributed by atoms with Gasteiger partial charge in [0.1, 0.15) is 11.4 Å². The third-order valence-corrected chi connectivity index (χ3v) is 6.63. The summed E-state index contributed by atoms with van der Waals surface area (Å²) in [4.78, 5) is 12.0. The number of esters is 1. The second-order valence-electron chi connectivity index (χ2n) is 6.27. The summed E-state index contributed by atoms with van der Waals surface area (Å²) in [6.07, 6.45) is -1.05. The van der Waals surface area contributed by atoms with Crippen molar-refractivity contribution in [1.82, 2.24) is 0 Å². The topological polar surface area (TPSA) is 60.4 Å². The number of hydrogen-bond donors (Lipinski definition) is 0. The van der Waals surface area contributed by atoms with E-state index in [1.807, 2.05) is 0 Å². The largest absolute Gasteiger partial charge is 0.456 e. The lowest BCUT2D eigenvalue weighted by molar-refractivity contribution is -0.146. The molecule has 2 atom stereocenters. The molecular weight excluding hydrogens is 396 g/mol. The first-order valence-electron chi connectivity index (χ1n) is 8.66. The van der Waals surface area contributed by atoms with E-state index in [4.69, 9.17) is 16.3 Å². The van der Waals surface area contributed by atoms with Gasteiger partial charge in [-0.3, -0.25) is 4.79 Å². The molecule has 144 valence electrons. The Hall–Kier alpha value is -2.63. The zero-order chi connectivity index (χ0) is 20.1. The van der Waals surface area contributed by atoms with Crippen molar-refractivity contribution in [2.24, 2.45) is 0 Å². The van der Waals surface area contributed by atoms with Gasteiger partial charge in [-0.25, -0.2) is 8.42 Å². The third-order valence-electron chi connectivity index (χ3n) is 4.28. The maximum absolute atomic E-state index is 13.6. The summed E-state index contributed by atoms with van der Waals surface area (Å²) in [5.41, 5.74) is 1.04. The van der Waals surface area contributed by atoms with E-state index in [0.717, 1.165) is 0 Å². The van der Waals surface area contributed by atoms with Gasteiger partial charge in [0.15, 0.2) is 9.84 Å². The number of carbonyl (C=O) groups excluding carboxylic acids is 1. The summed E-state index contributed by atoms with van der Waals surface area (Å²) < 4.78 is 32.7. The molecule has 2 unspecified atom stereocenters. The standard InChI is InChI=1S/C22H19ClO4S/c1-16(24)27-21(18-11-8-12-19(23)15-18)22(17-9-4-2-5-10-17)28(25,26)20-13-6-3-7-14-20/h2-15,21-22H,1H3. The maximum Gasteiger partial charge on any atom is 0.303 e. The van der Waals surface area contributed by atoms with Gasteiger partial charge in [0.25, 0.3) is 0 Å². The molecule has 0 fully saturated rings. The smallest absolute Gasteiger partial charge is 0.303 e. The molecule has 0 bridgehead atoms. The minimum atomic E-state index is -3.88. The Morgan fingerprint density at radius 2 is 1.43 bits per heavy atom.